The lowest BCUT2D eigenvalue weighted by Crippen LogP contribution is -2.24. The minimum absolute atomic E-state index is 0.264. The Hall–Kier alpha value is -3.68. The van der Waals surface area contributed by atoms with E-state index in [1.807, 2.05) is 12.1 Å². The Morgan fingerprint density at radius 1 is 1.29 bits per heavy atom. The molecule has 0 saturated carbocycles. The molecule has 0 fully saturated rings. The predicted octanol–water partition coefficient (Wildman–Crippen LogP) is 2.93. The number of amides is 1. The quantitative estimate of drug-likeness (QED) is 0.663. The monoisotopic (exact) mass is 377 g/mol. The first-order valence-corrected chi connectivity index (χ1v) is 8.97. The smallest absolute Gasteiger partial charge is 0.248 e. The fourth-order valence-electron chi connectivity index (χ4n) is 2.84. The molecule has 1 atom stereocenters. The van der Waals surface area contributed by atoms with E-state index in [0.29, 0.717) is 23.0 Å². The average molecular weight is 377 g/mol. The maximum Gasteiger partial charge on any atom is 0.248 e. The summed E-state index contributed by atoms with van der Waals surface area (Å²) in [5.41, 5.74) is 2.73. The van der Waals surface area contributed by atoms with Crippen molar-refractivity contribution in [3.8, 4) is 11.5 Å². The molecule has 0 saturated heterocycles. The van der Waals surface area contributed by atoms with E-state index >= 15 is 0 Å². The van der Waals surface area contributed by atoms with E-state index in [1.54, 1.807) is 24.3 Å². The normalized spacial score (nSPS) is 15.5. The summed E-state index contributed by atoms with van der Waals surface area (Å²) in [5.74, 6) is 1.20. The first kappa shape index (κ1) is 17.7. The van der Waals surface area contributed by atoms with Gasteiger partial charge in [0.25, 0.3) is 0 Å². The molecule has 8 heteroatoms. The molecule has 142 valence electrons. The average Bonchev–Trinajstić information content (AvgIpc) is 3.27. The van der Waals surface area contributed by atoms with E-state index in [1.165, 1.54) is 11.6 Å². The SMILES string of the molecule is CCc1ccc(C=CC(=O)Nc2cccc3c2OC(c2nnn[nH]2)CO3)cc1. The minimum atomic E-state index is -0.479. The number of benzene rings is 2. The van der Waals surface area contributed by atoms with Crippen molar-refractivity contribution in [2.45, 2.75) is 19.4 Å². The first-order valence-electron chi connectivity index (χ1n) is 8.97. The summed E-state index contributed by atoms with van der Waals surface area (Å²) in [6.45, 7) is 2.38. The van der Waals surface area contributed by atoms with Crippen LogP contribution in [0.25, 0.3) is 6.08 Å². The molecule has 2 heterocycles. The second-order valence-corrected chi connectivity index (χ2v) is 6.25. The third-order valence-electron chi connectivity index (χ3n) is 4.37. The number of tetrazole rings is 1. The molecule has 1 unspecified atom stereocenters. The van der Waals surface area contributed by atoms with Crippen LogP contribution in [0.2, 0.25) is 0 Å². The van der Waals surface area contributed by atoms with E-state index in [0.717, 1.165) is 12.0 Å². The molecule has 1 aromatic heterocycles. The zero-order chi connectivity index (χ0) is 19.3. The van der Waals surface area contributed by atoms with Crippen molar-refractivity contribution in [2.24, 2.45) is 0 Å². The van der Waals surface area contributed by atoms with Crippen molar-refractivity contribution in [3.05, 3.63) is 65.5 Å². The van der Waals surface area contributed by atoms with E-state index in [9.17, 15) is 4.79 Å². The Bertz CT molecular complexity index is 984. The molecule has 0 aliphatic carbocycles. The number of hydrogen-bond acceptors (Lipinski definition) is 6. The van der Waals surface area contributed by atoms with Gasteiger partial charge in [-0.3, -0.25) is 4.79 Å². The molecular weight excluding hydrogens is 358 g/mol. The highest BCUT2D eigenvalue weighted by molar-refractivity contribution is 6.03. The van der Waals surface area contributed by atoms with Gasteiger partial charge in [-0.15, -0.1) is 5.10 Å². The molecule has 1 amide bonds. The lowest BCUT2D eigenvalue weighted by Gasteiger charge is -2.26. The zero-order valence-electron chi connectivity index (χ0n) is 15.3. The van der Waals surface area contributed by atoms with Gasteiger partial charge in [-0.05, 0) is 46.2 Å². The fraction of sp³-hybridized carbons (Fsp3) is 0.200. The first-order chi connectivity index (χ1) is 13.7. The van der Waals surface area contributed by atoms with Gasteiger partial charge in [0.2, 0.25) is 5.91 Å². The number of para-hydroxylation sites is 1. The van der Waals surface area contributed by atoms with Crippen molar-refractivity contribution in [1.29, 1.82) is 0 Å². The highest BCUT2D eigenvalue weighted by Crippen LogP contribution is 2.41. The van der Waals surface area contributed by atoms with Crippen molar-refractivity contribution < 1.29 is 14.3 Å². The second kappa shape index (κ2) is 7.91. The Morgan fingerprint density at radius 3 is 2.89 bits per heavy atom. The number of aryl methyl sites for hydroxylation is 1. The lowest BCUT2D eigenvalue weighted by atomic mass is 10.1. The van der Waals surface area contributed by atoms with Gasteiger partial charge in [-0.25, -0.2) is 5.10 Å². The molecule has 4 rings (SSSR count). The fourth-order valence-corrected chi connectivity index (χ4v) is 2.84. The summed E-state index contributed by atoms with van der Waals surface area (Å²) >= 11 is 0. The molecule has 1 aliphatic rings. The largest absolute Gasteiger partial charge is 0.485 e. The maximum atomic E-state index is 12.4. The minimum Gasteiger partial charge on any atom is -0.485 e. The third kappa shape index (κ3) is 3.85. The van der Waals surface area contributed by atoms with Crippen molar-refractivity contribution in [2.75, 3.05) is 11.9 Å². The summed E-state index contributed by atoms with van der Waals surface area (Å²) in [7, 11) is 0. The highest BCUT2D eigenvalue weighted by Gasteiger charge is 2.27. The van der Waals surface area contributed by atoms with Crippen molar-refractivity contribution >= 4 is 17.7 Å². The molecule has 0 radical (unpaired) electrons. The van der Waals surface area contributed by atoms with Crippen LogP contribution in [-0.4, -0.2) is 33.1 Å². The number of rotatable bonds is 5. The number of carbonyl (C=O) groups is 1. The molecular formula is C20H19N5O3. The zero-order valence-corrected chi connectivity index (χ0v) is 15.3. The van der Waals surface area contributed by atoms with E-state index < -0.39 is 6.10 Å². The van der Waals surface area contributed by atoms with Crippen LogP contribution in [-0.2, 0) is 11.2 Å². The number of anilines is 1. The van der Waals surface area contributed by atoms with Gasteiger partial charge < -0.3 is 14.8 Å². The molecule has 8 nitrogen and oxygen atoms in total. The van der Waals surface area contributed by atoms with E-state index in [4.69, 9.17) is 9.47 Å². The molecule has 28 heavy (non-hydrogen) atoms. The number of aromatic amines is 1. The van der Waals surface area contributed by atoms with Gasteiger partial charge in [0.1, 0.15) is 6.61 Å². The standard InChI is InChI=1S/C20H19N5O3/c1-2-13-6-8-14(9-7-13)10-11-18(26)21-15-4-3-5-16-19(15)28-17(12-27-16)20-22-24-25-23-20/h3-11,17H,2,12H2,1H3,(H,21,26)(H,22,23,24,25). The summed E-state index contributed by atoms with van der Waals surface area (Å²) < 4.78 is 11.7. The predicted molar refractivity (Wildman–Crippen MR) is 103 cm³/mol. The van der Waals surface area contributed by atoms with Crippen LogP contribution >= 0.6 is 0 Å². The number of fused-ring (bicyclic) bond motifs is 1. The Kier molecular flexibility index (Phi) is 5.01. The molecule has 1 aliphatic heterocycles. The van der Waals surface area contributed by atoms with Gasteiger partial charge in [-0.2, -0.15) is 0 Å². The Labute approximate surface area is 161 Å². The van der Waals surface area contributed by atoms with Crippen LogP contribution in [0.4, 0.5) is 5.69 Å². The number of carbonyl (C=O) groups excluding carboxylic acids is 1. The Balaban J connectivity index is 1.47. The lowest BCUT2D eigenvalue weighted by molar-refractivity contribution is -0.111. The van der Waals surface area contributed by atoms with Crippen LogP contribution in [0.3, 0.4) is 0 Å². The van der Waals surface area contributed by atoms with Gasteiger partial charge in [0.15, 0.2) is 23.4 Å². The molecule has 0 bridgehead atoms. The molecule has 3 aromatic rings. The highest BCUT2D eigenvalue weighted by atomic mass is 16.6. The number of hydrogen-bond donors (Lipinski definition) is 2. The third-order valence-corrected chi connectivity index (χ3v) is 4.37. The van der Waals surface area contributed by atoms with Crippen LogP contribution in [0.5, 0.6) is 11.5 Å². The van der Waals surface area contributed by atoms with Gasteiger partial charge >= 0.3 is 0 Å². The topological polar surface area (TPSA) is 102 Å². The summed E-state index contributed by atoms with van der Waals surface area (Å²) in [4.78, 5) is 12.4. The second-order valence-electron chi connectivity index (χ2n) is 6.25. The molecule has 2 N–H and O–H groups in total. The number of aromatic nitrogens is 4. The number of ether oxygens (including phenoxy) is 2. The number of H-pyrrole nitrogens is 1. The van der Waals surface area contributed by atoms with Crippen LogP contribution in [0.1, 0.15) is 30.0 Å². The number of nitrogens with zero attached hydrogens (tertiary/aromatic N) is 3. The van der Waals surface area contributed by atoms with Crippen LogP contribution in [0.15, 0.2) is 48.5 Å². The molecule has 0 spiro atoms. The van der Waals surface area contributed by atoms with Gasteiger partial charge in [0, 0.05) is 6.08 Å². The number of nitrogens with one attached hydrogen (secondary N) is 2. The van der Waals surface area contributed by atoms with Gasteiger partial charge in [-0.1, -0.05) is 37.3 Å². The molecule has 2 aromatic carbocycles. The summed E-state index contributed by atoms with van der Waals surface area (Å²) in [5, 5.41) is 16.5. The summed E-state index contributed by atoms with van der Waals surface area (Å²) in [6.07, 6.45) is 3.76. The van der Waals surface area contributed by atoms with Crippen molar-refractivity contribution in [1.82, 2.24) is 20.6 Å². The van der Waals surface area contributed by atoms with Crippen LogP contribution < -0.4 is 14.8 Å². The van der Waals surface area contributed by atoms with E-state index in [2.05, 4.69) is 45.0 Å². The maximum absolute atomic E-state index is 12.4. The van der Waals surface area contributed by atoms with Crippen LogP contribution in [0, 0.1) is 0 Å². The van der Waals surface area contributed by atoms with Crippen molar-refractivity contribution in [3.63, 3.8) is 0 Å². The van der Waals surface area contributed by atoms with Gasteiger partial charge in [0.05, 0.1) is 5.69 Å². The Morgan fingerprint density at radius 2 is 2.14 bits per heavy atom. The summed E-state index contributed by atoms with van der Waals surface area (Å²) in [6, 6.07) is 13.4. The van der Waals surface area contributed by atoms with E-state index in [-0.39, 0.29) is 12.5 Å².